The van der Waals surface area contributed by atoms with Gasteiger partial charge < -0.3 is 15.1 Å². The second-order valence-electron chi connectivity index (χ2n) is 7.92. The van der Waals surface area contributed by atoms with Gasteiger partial charge in [0.15, 0.2) is 9.84 Å². The minimum atomic E-state index is -2.98. The number of nitrogens with one attached hydrogen (secondary N) is 1. The van der Waals surface area contributed by atoms with Crippen LogP contribution in [0.4, 0.5) is 0 Å². The van der Waals surface area contributed by atoms with Crippen LogP contribution in [-0.4, -0.2) is 80.3 Å². The average molecular weight is 386 g/mol. The first-order valence-electron chi connectivity index (χ1n) is 9.90. The van der Waals surface area contributed by atoms with Crippen molar-refractivity contribution in [2.45, 2.75) is 45.1 Å². The first kappa shape index (κ1) is 19.6. The molecule has 1 unspecified atom stereocenters. The average Bonchev–Trinajstić information content (AvgIpc) is 2.99. The number of carbonyl (C=O) groups excluding carboxylic acids is 2. The molecule has 0 spiro atoms. The van der Waals surface area contributed by atoms with Crippen LogP contribution in [0.5, 0.6) is 0 Å². The SMILES string of the molecule is CCN1CCN(C(=O)C2CCC(C(=O)NC3CCS(=O)(=O)C3)CC2)CC1. The van der Waals surface area contributed by atoms with E-state index >= 15 is 0 Å². The van der Waals surface area contributed by atoms with Crippen LogP contribution in [0, 0.1) is 11.8 Å². The van der Waals surface area contributed by atoms with Crippen molar-refractivity contribution in [3.8, 4) is 0 Å². The highest BCUT2D eigenvalue weighted by Gasteiger charge is 2.35. The molecular weight excluding hydrogens is 354 g/mol. The molecule has 0 bridgehead atoms. The Morgan fingerprint density at radius 1 is 0.962 bits per heavy atom. The topological polar surface area (TPSA) is 86.8 Å². The standard InChI is InChI=1S/C18H31N3O4S/c1-2-20-8-10-21(11-9-20)18(23)15-5-3-14(4-6-15)17(22)19-16-7-12-26(24,25)13-16/h14-16H,2-13H2,1H3,(H,19,22). The van der Waals surface area contributed by atoms with E-state index < -0.39 is 9.84 Å². The monoisotopic (exact) mass is 385 g/mol. The van der Waals surface area contributed by atoms with Crippen LogP contribution in [0.3, 0.4) is 0 Å². The number of likely N-dealkylation sites (N-methyl/N-ethyl adjacent to an activating group) is 1. The summed E-state index contributed by atoms with van der Waals surface area (Å²) in [5.41, 5.74) is 0. The zero-order chi connectivity index (χ0) is 18.7. The molecule has 2 aliphatic heterocycles. The number of hydrogen-bond acceptors (Lipinski definition) is 5. The van der Waals surface area contributed by atoms with Crippen LogP contribution in [0.25, 0.3) is 0 Å². The van der Waals surface area contributed by atoms with Gasteiger partial charge in [-0.15, -0.1) is 0 Å². The molecule has 8 heteroatoms. The predicted molar refractivity (Wildman–Crippen MR) is 99.3 cm³/mol. The summed E-state index contributed by atoms with van der Waals surface area (Å²) in [6.07, 6.45) is 3.47. The second kappa shape index (κ2) is 8.25. The molecule has 2 amide bonds. The minimum Gasteiger partial charge on any atom is -0.352 e. The molecule has 2 heterocycles. The van der Waals surface area contributed by atoms with Crippen molar-refractivity contribution in [3.05, 3.63) is 0 Å². The number of amides is 2. The van der Waals surface area contributed by atoms with E-state index in [0.29, 0.717) is 6.42 Å². The highest BCUT2D eigenvalue weighted by Crippen LogP contribution is 2.31. The Kier molecular flexibility index (Phi) is 6.22. The summed E-state index contributed by atoms with van der Waals surface area (Å²) in [6.45, 7) is 6.69. The normalized spacial score (nSPS) is 32.3. The fraction of sp³-hybridized carbons (Fsp3) is 0.889. The number of hydrogen-bond donors (Lipinski definition) is 1. The van der Waals surface area contributed by atoms with Crippen LogP contribution in [0.15, 0.2) is 0 Å². The van der Waals surface area contributed by atoms with Crippen molar-refractivity contribution in [3.63, 3.8) is 0 Å². The molecule has 1 saturated carbocycles. The van der Waals surface area contributed by atoms with Gasteiger partial charge in [0.25, 0.3) is 0 Å². The minimum absolute atomic E-state index is 0.0328. The Morgan fingerprint density at radius 3 is 2.12 bits per heavy atom. The molecule has 1 atom stereocenters. The van der Waals surface area contributed by atoms with Crippen molar-refractivity contribution in [2.75, 3.05) is 44.2 Å². The summed E-state index contributed by atoms with van der Waals surface area (Å²) in [5.74, 6) is 0.412. The summed E-state index contributed by atoms with van der Waals surface area (Å²) >= 11 is 0. The molecule has 0 aromatic carbocycles. The molecule has 0 aromatic rings. The van der Waals surface area contributed by atoms with Gasteiger partial charge in [0.1, 0.15) is 0 Å². The van der Waals surface area contributed by atoms with E-state index in [1.54, 1.807) is 0 Å². The smallest absolute Gasteiger partial charge is 0.225 e. The molecule has 0 aromatic heterocycles. The number of carbonyl (C=O) groups is 2. The number of sulfone groups is 1. The van der Waals surface area contributed by atoms with Crippen molar-refractivity contribution in [2.24, 2.45) is 11.8 Å². The van der Waals surface area contributed by atoms with Gasteiger partial charge in [-0.3, -0.25) is 9.59 Å². The summed E-state index contributed by atoms with van der Waals surface area (Å²) in [7, 11) is -2.98. The van der Waals surface area contributed by atoms with Gasteiger partial charge in [-0.2, -0.15) is 0 Å². The highest BCUT2D eigenvalue weighted by atomic mass is 32.2. The molecule has 3 rings (SSSR count). The van der Waals surface area contributed by atoms with Crippen LogP contribution < -0.4 is 5.32 Å². The van der Waals surface area contributed by atoms with Crippen molar-refractivity contribution >= 4 is 21.7 Å². The molecule has 0 radical (unpaired) electrons. The predicted octanol–water partition coefficient (Wildman–Crippen LogP) is 0.260. The summed E-state index contributed by atoms with van der Waals surface area (Å²) in [5, 5.41) is 2.90. The fourth-order valence-electron chi connectivity index (χ4n) is 4.37. The van der Waals surface area contributed by atoms with E-state index in [2.05, 4.69) is 17.1 Å². The molecule has 3 aliphatic rings. The maximum Gasteiger partial charge on any atom is 0.225 e. The van der Waals surface area contributed by atoms with Crippen LogP contribution in [-0.2, 0) is 19.4 Å². The van der Waals surface area contributed by atoms with Gasteiger partial charge in [-0.05, 0) is 38.6 Å². The summed E-state index contributed by atoms with van der Waals surface area (Å²) < 4.78 is 23.0. The lowest BCUT2D eigenvalue weighted by molar-refractivity contribution is -0.140. The van der Waals surface area contributed by atoms with E-state index in [0.717, 1.165) is 58.4 Å². The molecule has 2 saturated heterocycles. The molecule has 148 valence electrons. The van der Waals surface area contributed by atoms with Gasteiger partial charge >= 0.3 is 0 Å². The molecule has 1 N–H and O–H groups in total. The molecule has 26 heavy (non-hydrogen) atoms. The lowest BCUT2D eigenvalue weighted by Crippen LogP contribution is -2.50. The molecule has 1 aliphatic carbocycles. The van der Waals surface area contributed by atoms with Gasteiger partial charge in [0.05, 0.1) is 11.5 Å². The number of nitrogens with zero attached hydrogens (tertiary/aromatic N) is 2. The molecule has 3 fully saturated rings. The van der Waals surface area contributed by atoms with Crippen LogP contribution >= 0.6 is 0 Å². The Morgan fingerprint density at radius 2 is 1.58 bits per heavy atom. The number of rotatable bonds is 4. The van der Waals surface area contributed by atoms with E-state index in [9.17, 15) is 18.0 Å². The summed E-state index contributed by atoms with van der Waals surface area (Å²) in [4.78, 5) is 29.5. The zero-order valence-corrected chi connectivity index (χ0v) is 16.5. The van der Waals surface area contributed by atoms with Crippen molar-refractivity contribution in [1.29, 1.82) is 0 Å². The van der Waals surface area contributed by atoms with Gasteiger partial charge in [-0.1, -0.05) is 6.92 Å². The van der Waals surface area contributed by atoms with Crippen molar-refractivity contribution < 1.29 is 18.0 Å². The molecular formula is C18H31N3O4S. The maximum absolute atomic E-state index is 12.7. The first-order valence-corrected chi connectivity index (χ1v) is 11.7. The molecule has 7 nitrogen and oxygen atoms in total. The Balaban J connectivity index is 1.42. The third-order valence-electron chi connectivity index (χ3n) is 6.16. The van der Waals surface area contributed by atoms with Crippen LogP contribution in [0.2, 0.25) is 0 Å². The number of piperazine rings is 1. The third kappa shape index (κ3) is 4.76. The third-order valence-corrected chi connectivity index (χ3v) is 7.93. The van der Waals surface area contributed by atoms with Crippen LogP contribution in [0.1, 0.15) is 39.0 Å². The Labute approximate surface area is 156 Å². The first-order chi connectivity index (χ1) is 12.4. The lowest BCUT2D eigenvalue weighted by Gasteiger charge is -2.37. The van der Waals surface area contributed by atoms with Crippen molar-refractivity contribution in [1.82, 2.24) is 15.1 Å². The van der Waals surface area contributed by atoms with Gasteiger partial charge in [0, 0.05) is 44.1 Å². The second-order valence-corrected chi connectivity index (χ2v) is 10.1. The lowest BCUT2D eigenvalue weighted by atomic mass is 9.80. The fourth-order valence-corrected chi connectivity index (χ4v) is 6.05. The van der Waals surface area contributed by atoms with E-state index in [4.69, 9.17) is 0 Å². The Bertz CT molecular complexity index is 620. The quantitative estimate of drug-likeness (QED) is 0.750. The largest absolute Gasteiger partial charge is 0.352 e. The van der Waals surface area contributed by atoms with Gasteiger partial charge in [-0.25, -0.2) is 8.42 Å². The van der Waals surface area contributed by atoms with Gasteiger partial charge in [0.2, 0.25) is 11.8 Å². The Hall–Kier alpha value is -1.15. The highest BCUT2D eigenvalue weighted by molar-refractivity contribution is 7.91. The van der Waals surface area contributed by atoms with E-state index in [1.165, 1.54) is 0 Å². The van der Waals surface area contributed by atoms with E-state index in [-0.39, 0.29) is 41.2 Å². The van der Waals surface area contributed by atoms with E-state index in [1.807, 2.05) is 4.90 Å². The summed E-state index contributed by atoms with van der Waals surface area (Å²) in [6, 6.07) is -0.235. The zero-order valence-electron chi connectivity index (χ0n) is 15.7. The maximum atomic E-state index is 12.7.